The third-order valence-electron chi connectivity index (χ3n) is 3.54. The van der Waals surface area contributed by atoms with Crippen LogP contribution in [0.15, 0.2) is 22.7 Å². The molecular formula is C13H16BrFN2O2. The van der Waals surface area contributed by atoms with Gasteiger partial charge in [-0.3, -0.25) is 0 Å². The van der Waals surface area contributed by atoms with Gasteiger partial charge in [-0.15, -0.1) is 0 Å². The van der Waals surface area contributed by atoms with Crippen LogP contribution in [0.3, 0.4) is 0 Å². The number of nitrogens with zero attached hydrogens (tertiary/aromatic N) is 1. The number of benzene rings is 1. The first-order valence-electron chi connectivity index (χ1n) is 6.18. The van der Waals surface area contributed by atoms with Crippen LogP contribution < -0.4 is 5.73 Å². The van der Waals surface area contributed by atoms with E-state index in [1.165, 1.54) is 4.90 Å². The molecule has 2 rings (SSSR count). The minimum Gasteiger partial charge on any atom is -0.465 e. The number of likely N-dealkylation sites (tertiary alicyclic amines) is 1. The second kappa shape index (κ2) is 5.88. The lowest BCUT2D eigenvalue weighted by Gasteiger charge is -2.38. The van der Waals surface area contributed by atoms with Crippen molar-refractivity contribution in [3.8, 4) is 0 Å². The minimum atomic E-state index is -0.990. The van der Waals surface area contributed by atoms with Gasteiger partial charge in [-0.05, 0) is 46.8 Å². The summed E-state index contributed by atoms with van der Waals surface area (Å²) in [6, 6.07) is 4.41. The topological polar surface area (TPSA) is 66.6 Å². The molecule has 0 aliphatic carbocycles. The molecule has 0 unspecified atom stereocenters. The van der Waals surface area contributed by atoms with Crippen LogP contribution in [-0.4, -0.2) is 34.7 Å². The van der Waals surface area contributed by atoms with E-state index < -0.39 is 6.09 Å². The van der Waals surface area contributed by atoms with Crippen molar-refractivity contribution < 1.29 is 14.3 Å². The average molecular weight is 331 g/mol. The van der Waals surface area contributed by atoms with Crippen molar-refractivity contribution >= 4 is 22.0 Å². The molecule has 0 bridgehead atoms. The van der Waals surface area contributed by atoms with Gasteiger partial charge in [0.15, 0.2) is 0 Å². The molecule has 1 aliphatic rings. The van der Waals surface area contributed by atoms with Crippen molar-refractivity contribution in [1.82, 2.24) is 4.90 Å². The van der Waals surface area contributed by atoms with Crippen molar-refractivity contribution in [3.63, 3.8) is 0 Å². The Balaban J connectivity index is 2.23. The SMILES string of the molecule is N[C@H]1CCCN(C(=O)O)[C@H]1Cc1cccc(Br)c1F. The van der Waals surface area contributed by atoms with Crippen LogP contribution in [-0.2, 0) is 6.42 Å². The van der Waals surface area contributed by atoms with Gasteiger partial charge in [0.25, 0.3) is 0 Å². The van der Waals surface area contributed by atoms with Crippen molar-refractivity contribution in [2.24, 2.45) is 5.73 Å². The molecule has 1 heterocycles. The minimum absolute atomic E-state index is 0.247. The van der Waals surface area contributed by atoms with Gasteiger partial charge in [0.05, 0.1) is 10.5 Å². The van der Waals surface area contributed by atoms with Gasteiger partial charge in [-0.25, -0.2) is 9.18 Å². The smallest absolute Gasteiger partial charge is 0.407 e. The molecule has 0 radical (unpaired) electrons. The van der Waals surface area contributed by atoms with Crippen molar-refractivity contribution in [2.45, 2.75) is 31.3 Å². The number of amides is 1. The van der Waals surface area contributed by atoms with E-state index >= 15 is 0 Å². The van der Waals surface area contributed by atoms with Gasteiger partial charge in [0.2, 0.25) is 0 Å². The standard InChI is InChI=1S/C13H16BrFN2O2/c14-9-4-1-3-8(12(9)15)7-11-10(16)5-2-6-17(11)13(18)19/h1,3-4,10-11H,2,5-7,16H2,(H,18,19)/t10-,11-/m0/s1. The van der Waals surface area contributed by atoms with E-state index in [2.05, 4.69) is 15.9 Å². The molecule has 2 atom stereocenters. The van der Waals surface area contributed by atoms with Gasteiger partial charge in [0.1, 0.15) is 5.82 Å². The highest BCUT2D eigenvalue weighted by Gasteiger charge is 2.32. The Morgan fingerprint density at radius 3 is 3.00 bits per heavy atom. The molecule has 1 aliphatic heterocycles. The Bertz CT molecular complexity index is 484. The predicted octanol–water partition coefficient (Wildman–Crippen LogP) is 2.60. The maximum absolute atomic E-state index is 14.0. The molecule has 104 valence electrons. The largest absolute Gasteiger partial charge is 0.465 e. The normalized spacial score (nSPS) is 23.4. The number of halogens is 2. The quantitative estimate of drug-likeness (QED) is 0.875. The third kappa shape index (κ3) is 3.06. The molecule has 0 spiro atoms. The van der Waals surface area contributed by atoms with Gasteiger partial charge < -0.3 is 15.7 Å². The second-order valence-electron chi connectivity index (χ2n) is 4.77. The Hall–Kier alpha value is -1.14. The molecule has 0 aromatic heterocycles. The summed E-state index contributed by atoms with van der Waals surface area (Å²) in [6.45, 7) is 0.462. The molecule has 0 saturated carbocycles. The zero-order chi connectivity index (χ0) is 14.0. The van der Waals surface area contributed by atoms with E-state index in [0.717, 1.165) is 12.8 Å². The van der Waals surface area contributed by atoms with Crippen LogP contribution in [0.1, 0.15) is 18.4 Å². The van der Waals surface area contributed by atoms with E-state index in [9.17, 15) is 14.3 Å². The van der Waals surface area contributed by atoms with Crippen molar-refractivity contribution in [2.75, 3.05) is 6.54 Å². The molecule has 19 heavy (non-hydrogen) atoms. The Morgan fingerprint density at radius 1 is 1.58 bits per heavy atom. The first-order valence-corrected chi connectivity index (χ1v) is 6.98. The first-order chi connectivity index (χ1) is 9.00. The second-order valence-corrected chi connectivity index (χ2v) is 5.62. The molecular weight excluding hydrogens is 315 g/mol. The highest BCUT2D eigenvalue weighted by molar-refractivity contribution is 9.10. The number of carbonyl (C=O) groups is 1. The van der Waals surface area contributed by atoms with Crippen LogP contribution in [0.4, 0.5) is 9.18 Å². The van der Waals surface area contributed by atoms with Crippen molar-refractivity contribution in [3.05, 3.63) is 34.1 Å². The summed E-state index contributed by atoms with van der Waals surface area (Å²) >= 11 is 3.13. The van der Waals surface area contributed by atoms with E-state index in [4.69, 9.17) is 5.73 Å². The summed E-state index contributed by atoms with van der Waals surface area (Å²) in [6.07, 6.45) is 0.837. The van der Waals surface area contributed by atoms with Gasteiger partial charge in [-0.2, -0.15) is 0 Å². The predicted molar refractivity (Wildman–Crippen MR) is 73.5 cm³/mol. The van der Waals surface area contributed by atoms with E-state index in [-0.39, 0.29) is 17.9 Å². The summed E-state index contributed by atoms with van der Waals surface area (Å²) in [7, 11) is 0. The summed E-state index contributed by atoms with van der Waals surface area (Å²) < 4.78 is 14.3. The van der Waals surface area contributed by atoms with Crippen LogP contribution in [0.25, 0.3) is 0 Å². The third-order valence-corrected chi connectivity index (χ3v) is 4.15. The number of piperidine rings is 1. The maximum atomic E-state index is 14.0. The number of hydrogen-bond acceptors (Lipinski definition) is 2. The van der Waals surface area contributed by atoms with Crippen molar-refractivity contribution in [1.29, 1.82) is 0 Å². The summed E-state index contributed by atoms with van der Waals surface area (Å²) in [5.74, 6) is -0.342. The Morgan fingerprint density at radius 2 is 2.32 bits per heavy atom. The maximum Gasteiger partial charge on any atom is 0.407 e. The molecule has 1 aromatic rings. The fraction of sp³-hybridized carbons (Fsp3) is 0.462. The molecule has 6 heteroatoms. The zero-order valence-electron chi connectivity index (χ0n) is 10.4. The van der Waals surface area contributed by atoms with E-state index in [1.807, 2.05) is 0 Å². The lowest BCUT2D eigenvalue weighted by molar-refractivity contribution is 0.0971. The summed E-state index contributed by atoms with van der Waals surface area (Å²) in [4.78, 5) is 12.5. The highest BCUT2D eigenvalue weighted by Crippen LogP contribution is 2.24. The lowest BCUT2D eigenvalue weighted by Crippen LogP contribution is -2.55. The van der Waals surface area contributed by atoms with Crippen LogP contribution in [0, 0.1) is 5.82 Å². The summed E-state index contributed by atoms with van der Waals surface area (Å²) in [5, 5.41) is 9.20. The molecule has 1 saturated heterocycles. The van der Waals surface area contributed by atoms with Crippen LogP contribution in [0.2, 0.25) is 0 Å². The number of rotatable bonds is 2. The molecule has 3 N–H and O–H groups in total. The molecule has 4 nitrogen and oxygen atoms in total. The number of nitrogens with two attached hydrogens (primary N) is 1. The van der Waals surface area contributed by atoms with Gasteiger partial charge >= 0.3 is 6.09 Å². The molecule has 1 fully saturated rings. The fourth-order valence-corrected chi connectivity index (χ4v) is 2.92. The highest BCUT2D eigenvalue weighted by atomic mass is 79.9. The average Bonchev–Trinajstić information content (AvgIpc) is 2.36. The van der Waals surface area contributed by atoms with Crippen LogP contribution in [0.5, 0.6) is 0 Å². The zero-order valence-corrected chi connectivity index (χ0v) is 11.9. The van der Waals surface area contributed by atoms with Gasteiger partial charge in [0, 0.05) is 12.6 Å². The first kappa shape index (κ1) is 14.3. The lowest BCUT2D eigenvalue weighted by atomic mass is 9.91. The molecule has 1 aromatic carbocycles. The fourth-order valence-electron chi connectivity index (χ4n) is 2.52. The number of carboxylic acid groups (broad SMARTS) is 1. The monoisotopic (exact) mass is 330 g/mol. The number of hydrogen-bond donors (Lipinski definition) is 2. The molecule has 1 amide bonds. The van der Waals surface area contributed by atoms with E-state index in [1.54, 1.807) is 18.2 Å². The Kier molecular flexibility index (Phi) is 4.42. The van der Waals surface area contributed by atoms with Crippen LogP contribution >= 0.6 is 15.9 Å². The summed E-state index contributed by atoms with van der Waals surface area (Å²) in [5.41, 5.74) is 6.49. The Labute approximate surface area is 119 Å². The van der Waals surface area contributed by atoms with E-state index in [0.29, 0.717) is 23.0 Å². The van der Waals surface area contributed by atoms with Gasteiger partial charge in [-0.1, -0.05) is 12.1 Å².